The van der Waals surface area contributed by atoms with Gasteiger partial charge in [0.25, 0.3) is 5.91 Å². The number of amides is 1. The van der Waals surface area contributed by atoms with Crippen LogP contribution >= 0.6 is 0 Å². The maximum atomic E-state index is 12.0. The normalized spacial score (nSPS) is 13.9. The zero-order chi connectivity index (χ0) is 13.0. The lowest BCUT2D eigenvalue weighted by atomic mass is 10.1. The van der Waals surface area contributed by atoms with Crippen LogP contribution in [0.1, 0.15) is 23.2 Å². The fraction of sp³-hybridized carbons (Fsp3) is 0.214. The van der Waals surface area contributed by atoms with Crippen molar-refractivity contribution in [1.29, 1.82) is 0 Å². The van der Waals surface area contributed by atoms with E-state index in [1.807, 2.05) is 18.2 Å². The maximum absolute atomic E-state index is 12.0. The highest BCUT2D eigenvalue weighted by Crippen LogP contribution is 2.22. The number of ether oxygens (including phenoxy) is 1. The van der Waals surface area contributed by atoms with E-state index in [-0.39, 0.29) is 5.91 Å². The van der Waals surface area contributed by atoms with E-state index in [1.165, 1.54) is 0 Å². The van der Waals surface area contributed by atoms with Crippen molar-refractivity contribution in [3.05, 3.63) is 47.7 Å². The largest absolute Gasteiger partial charge is 0.495 e. The molecule has 0 unspecified atom stereocenters. The van der Waals surface area contributed by atoms with Crippen LogP contribution in [-0.4, -0.2) is 13.0 Å². The molecule has 18 heavy (non-hydrogen) atoms. The number of nitrogens with one attached hydrogen (secondary N) is 1. The van der Waals surface area contributed by atoms with Crippen molar-refractivity contribution in [2.45, 2.75) is 12.8 Å². The maximum Gasteiger partial charge on any atom is 0.255 e. The summed E-state index contributed by atoms with van der Waals surface area (Å²) >= 11 is 0. The molecule has 0 saturated carbocycles. The summed E-state index contributed by atoms with van der Waals surface area (Å²) in [6.45, 7) is 0. The molecule has 0 heterocycles. The summed E-state index contributed by atoms with van der Waals surface area (Å²) in [6.07, 6.45) is 7.93. The van der Waals surface area contributed by atoms with Crippen LogP contribution in [0, 0.1) is 0 Å². The lowest BCUT2D eigenvalue weighted by molar-refractivity contribution is 0.0967. The van der Waals surface area contributed by atoms with Crippen LogP contribution in [0.25, 0.3) is 0 Å². The summed E-state index contributed by atoms with van der Waals surface area (Å²) in [5.41, 5.74) is 7.58. The predicted molar refractivity (Wildman–Crippen MR) is 71.3 cm³/mol. The van der Waals surface area contributed by atoms with Crippen molar-refractivity contribution in [3.8, 4) is 5.75 Å². The van der Waals surface area contributed by atoms with Crippen LogP contribution in [0.4, 0.5) is 5.69 Å². The molecular weight excluding hydrogens is 228 g/mol. The highest BCUT2D eigenvalue weighted by Gasteiger charge is 2.09. The number of benzene rings is 1. The molecule has 0 aromatic heterocycles. The first-order valence-electron chi connectivity index (χ1n) is 5.82. The molecule has 1 aliphatic carbocycles. The Labute approximate surface area is 106 Å². The highest BCUT2D eigenvalue weighted by atomic mass is 16.5. The molecular formula is C14H16N2O2. The van der Waals surface area contributed by atoms with Gasteiger partial charge in [-0.25, -0.2) is 0 Å². The minimum absolute atomic E-state index is 0.165. The van der Waals surface area contributed by atoms with Crippen LogP contribution in [0.15, 0.2) is 42.1 Å². The molecule has 0 aliphatic heterocycles. The van der Waals surface area contributed by atoms with Gasteiger partial charge in [0.05, 0.1) is 12.8 Å². The molecule has 1 aromatic carbocycles. The Hall–Kier alpha value is -2.23. The fourth-order valence-electron chi connectivity index (χ4n) is 1.78. The first kappa shape index (κ1) is 12.2. The second kappa shape index (κ2) is 5.40. The summed E-state index contributed by atoms with van der Waals surface area (Å²) in [7, 11) is 1.54. The van der Waals surface area contributed by atoms with E-state index in [4.69, 9.17) is 10.5 Å². The van der Waals surface area contributed by atoms with Gasteiger partial charge in [-0.1, -0.05) is 12.2 Å². The molecule has 94 valence electrons. The number of nitrogen functional groups attached to an aromatic ring is 1. The van der Waals surface area contributed by atoms with E-state index in [1.54, 1.807) is 25.3 Å². The van der Waals surface area contributed by atoms with Crippen molar-refractivity contribution >= 4 is 11.6 Å². The number of allylic oxidation sites excluding steroid dienone is 3. The molecule has 3 N–H and O–H groups in total. The van der Waals surface area contributed by atoms with Crippen LogP contribution in [0.3, 0.4) is 0 Å². The van der Waals surface area contributed by atoms with Crippen molar-refractivity contribution in [1.82, 2.24) is 5.32 Å². The molecule has 4 heteroatoms. The van der Waals surface area contributed by atoms with E-state index in [9.17, 15) is 4.79 Å². The van der Waals surface area contributed by atoms with E-state index in [0.717, 1.165) is 18.5 Å². The molecule has 4 nitrogen and oxygen atoms in total. The van der Waals surface area contributed by atoms with Gasteiger partial charge in [-0.2, -0.15) is 0 Å². The lowest BCUT2D eigenvalue weighted by Crippen LogP contribution is -2.22. The monoisotopic (exact) mass is 244 g/mol. The Balaban J connectivity index is 2.11. The van der Waals surface area contributed by atoms with Gasteiger partial charge in [-0.3, -0.25) is 4.79 Å². The van der Waals surface area contributed by atoms with Gasteiger partial charge in [-0.05, 0) is 37.1 Å². The second-order valence-electron chi connectivity index (χ2n) is 4.05. The van der Waals surface area contributed by atoms with Crippen LogP contribution in [0.2, 0.25) is 0 Å². The van der Waals surface area contributed by atoms with Crippen molar-refractivity contribution in [2.24, 2.45) is 0 Å². The average Bonchev–Trinajstić information content (AvgIpc) is 2.39. The molecule has 1 aliphatic rings. The number of methoxy groups -OCH3 is 1. The number of hydrogen-bond acceptors (Lipinski definition) is 3. The number of carbonyl (C=O) groups excluding carboxylic acids is 1. The summed E-state index contributed by atoms with van der Waals surface area (Å²) in [5, 5.41) is 2.84. The van der Waals surface area contributed by atoms with E-state index >= 15 is 0 Å². The van der Waals surface area contributed by atoms with Crippen molar-refractivity contribution in [2.75, 3.05) is 12.8 Å². The molecule has 0 spiro atoms. The summed E-state index contributed by atoms with van der Waals surface area (Å²) in [4.78, 5) is 12.0. The van der Waals surface area contributed by atoms with Crippen LogP contribution in [0.5, 0.6) is 5.75 Å². The van der Waals surface area contributed by atoms with E-state index in [0.29, 0.717) is 17.0 Å². The quantitative estimate of drug-likeness (QED) is 0.801. The number of anilines is 1. The zero-order valence-electron chi connectivity index (χ0n) is 10.3. The highest BCUT2D eigenvalue weighted by molar-refractivity contribution is 5.96. The van der Waals surface area contributed by atoms with Gasteiger partial charge in [0, 0.05) is 11.3 Å². The molecule has 0 saturated heterocycles. The van der Waals surface area contributed by atoms with Crippen LogP contribution < -0.4 is 15.8 Å². The summed E-state index contributed by atoms with van der Waals surface area (Å²) in [5.74, 6) is 0.408. The second-order valence-corrected chi connectivity index (χ2v) is 4.05. The van der Waals surface area contributed by atoms with Crippen molar-refractivity contribution < 1.29 is 9.53 Å². The van der Waals surface area contributed by atoms with Gasteiger partial charge >= 0.3 is 0 Å². The standard InChI is InChI=1S/C14H16N2O2/c1-18-13-8-7-10(9-12(13)15)14(17)16-11-5-3-2-4-6-11/h3,5-9H,2,4,15H2,1H3,(H,16,17). The predicted octanol–water partition coefficient (Wildman–Crippen LogP) is 2.24. The molecule has 0 fully saturated rings. The minimum atomic E-state index is -0.165. The third kappa shape index (κ3) is 2.71. The molecule has 1 amide bonds. The Bertz CT molecular complexity index is 519. The summed E-state index contributed by atoms with van der Waals surface area (Å²) < 4.78 is 5.05. The van der Waals surface area contributed by atoms with E-state index in [2.05, 4.69) is 5.32 Å². The molecule has 0 radical (unpaired) electrons. The number of hydrogen-bond donors (Lipinski definition) is 2. The average molecular weight is 244 g/mol. The number of nitrogens with two attached hydrogens (primary N) is 1. The van der Waals surface area contributed by atoms with Gasteiger partial charge in [0.15, 0.2) is 0 Å². The van der Waals surface area contributed by atoms with E-state index < -0.39 is 0 Å². The minimum Gasteiger partial charge on any atom is -0.495 e. The van der Waals surface area contributed by atoms with Gasteiger partial charge in [-0.15, -0.1) is 0 Å². The number of carbonyl (C=O) groups is 1. The molecule has 0 bridgehead atoms. The SMILES string of the molecule is COc1ccc(C(=O)NC2=CCCC=C2)cc1N. The smallest absolute Gasteiger partial charge is 0.255 e. The molecule has 0 atom stereocenters. The molecule has 2 rings (SSSR count). The number of rotatable bonds is 3. The fourth-order valence-corrected chi connectivity index (χ4v) is 1.78. The van der Waals surface area contributed by atoms with Crippen molar-refractivity contribution in [3.63, 3.8) is 0 Å². The third-order valence-corrected chi connectivity index (χ3v) is 2.74. The first-order valence-corrected chi connectivity index (χ1v) is 5.82. The Morgan fingerprint density at radius 2 is 2.22 bits per heavy atom. The first-order chi connectivity index (χ1) is 8.70. The Morgan fingerprint density at radius 1 is 1.39 bits per heavy atom. The summed E-state index contributed by atoms with van der Waals surface area (Å²) in [6, 6.07) is 4.99. The van der Waals surface area contributed by atoms with Gasteiger partial charge in [0.2, 0.25) is 0 Å². The topological polar surface area (TPSA) is 64.3 Å². The van der Waals surface area contributed by atoms with Crippen LogP contribution in [-0.2, 0) is 0 Å². The Kier molecular flexibility index (Phi) is 3.67. The zero-order valence-corrected chi connectivity index (χ0v) is 10.3. The lowest BCUT2D eigenvalue weighted by Gasteiger charge is -2.10. The molecule has 1 aromatic rings. The van der Waals surface area contributed by atoms with Gasteiger partial charge in [0.1, 0.15) is 5.75 Å². The Morgan fingerprint density at radius 3 is 2.83 bits per heavy atom. The van der Waals surface area contributed by atoms with Gasteiger partial charge < -0.3 is 15.8 Å². The third-order valence-electron chi connectivity index (χ3n) is 2.74.